The van der Waals surface area contributed by atoms with E-state index in [-0.39, 0.29) is 12.4 Å². The van der Waals surface area contributed by atoms with Crippen LogP contribution in [0.3, 0.4) is 0 Å². The van der Waals surface area contributed by atoms with Crippen LogP contribution in [0, 0.1) is 23.5 Å². The van der Waals surface area contributed by atoms with Crippen LogP contribution in [-0.4, -0.2) is 13.3 Å². The Bertz CT molecular complexity index is 592. The molecule has 1 aromatic carbocycles. The van der Waals surface area contributed by atoms with E-state index in [1.807, 2.05) is 0 Å². The minimum absolute atomic E-state index is 0.0254. The first-order valence-electron chi connectivity index (χ1n) is 11.0. The molecule has 0 spiro atoms. The summed E-state index contributed by atoms with van der Waals surface area (Å²) in [7, 11) is 0. The van der Waals surface area contributed by atoms with E-state index < -0.39 is 11.6 Å². The topological polar surface area (TPSA) is 9.23 Å². The maximum atomic E-state index is 14.4. The van der Waals surface area contributed by atoms with Crippen LogP contribution in [0.2, 0.25) is 0 Å². The Labute approximate surface area is 168 Å². The predicted molar refractivity (Wildman–Crippen MR) is 109 cm³/mol. The molecular weight excluding hydrogens is 361 g/mol. The van der Waals surface area contributed by atoms with Gasteiger partial charge in [-0.25, -0.2) is 4.39 Å². The summed E-state index contributed by atoms with van der Waals surface area (Å²) in [5.74, 6) is -0.414. The van der Waals surface area contributed by atoms with Gasteiger partial charge in [-0.15, -0.1) is 0 Å². The summed E-state index contributed by atoms with van der Waals surface area (Å²) in [6.45, 7) is 2.27. The predicted octanol–water partition coefficient (Wildman–Crippen LogP) is 7.58. The van der Waals surface area contributed by atoms with Crippen LogP contribution >= 0.6 is 0 Å². The molecule has 2 rings (SSSR count). The molecule has 158 valence electrons. The molecule has 1 aliphatic rings. The van der Waals surface area contributed by atoms with E-state index in [2.05, 4.69) is 19.1 Å². The average molecular weight is 397 g/mol. The molecular formula is C24H35F3O. The highest BCUT2D eigenvalue weighted by atomic mass is 19.2. The van der Waals surface area contributed by atoms with Gasteiger partial charge in [-0.1, -0.05) is 38.0 Å². The quantitative estimate of drug-likeness (QED) is 0.261. The van der Waals surface area contributed by atoms with Crippen LogP contribution in [0.5, 0.6) is 5.75 Å². The molecule has 0 aromatic heterocycles. The fourth-order valence-electron chi connectivity index (χ4n) is 3.92. The molecule has 1 saturated carbocycles. The molecule has 0 heterocycles. The van der Waals surface area contributed by atoms with Crippen LogP contribution < -0.4 is 4.74 Å². The SMILES string of the molecule is CCCCCOc1ccc(CCC2CCC(C=CCCCF)CC2)c(F)c1F. The number of alkyl halides is 1. The highest BCUT2D eigenvalue weighted by molar-refractivity contribution is 5.31. The van der Waals surface area contributed by atoms with E-state index in [4.69, 9.17) is 4.74 Å². The average Bonchev–Trinajstić information content (AvgIpc) is 2.72. The Morgan fingerprint density at radius 3 is 2.54 bits per heavy atom. The first-order valence-corrected chi connectivity index (χ1v) is 11.0. The molecule has 0 atom stereocenters. The van der Waals surface area contributed by atoms with Gasteiger partial charge in [0.25, 0.3) is 0 Å². The summed E-state index contributed by atoms with van der Waals surface area (Å²) in [6.07, 6.45) is 14.7. The molecule has 0 unspecified atom stereocenters. The van der Waals surface area contributed by atoms with Gasteiger partial charge in [0, 0.05) is 0 Å². The van der Waals surface area contributed by atoms with Gasteiger partial charge in [-0.3, -0.25) is 4.39 Å². The normalized spacial score (nSPS) is 20.0. The van der Waals surface area contributed by atoms with Gasteiger partial charge in [0.15, 0.2) is 11.6 Å². The standard InChI is InChI=1S/C24H35F3O/c1-2-3-7-18-28-22-16-15-21(23(26)24(22)27)14-13-20-11-9-19(10-12-20)8-5-4-6-17-25/h5,8,15-16,19-20H,2-4,6-7,9-14,17-18H2,1H3. The maximum absolute atomic E-state index is 14.4. The number of halogens is 3. The van der Waals surface area contributed by atoms with E-state index in [1.54, 1.807) is 12.1 Å². The van der Waals surface area contributed by atoms with E-state index in [9.17, 15) is 13.2 Å². The lowest BCUT2D eigenvalue weighted by Gasteiger charge is -2.26. The van der Waals surface area contributed by atoms with Crippen LogP contribution in [0.25, 0.3) is 0 Å². The van der Waals surface area contributed by atoms with E-state index in [0.717, 1.165) is 57.8 Å². The molecule has 28 heavy (non-hydrogen) atoms. The van der Waals surface area contributed by atoms with Crippen molar-refractivity contribution < 1.29 is 17.9 Å². The number of benzene rings is 1. The van der Waals surface area contributed by atoms with Crippen molar-refractivity contribution in [2.75, 3.05) is 13.3 Å². The second-order valence-corrected chi connectivity index (χ2v) is 7.99. The molecule has 0 bridgehead atoms. The number of hydrogen-bond donors (Lipinski definition) is 0. The van der Waals surface area contributed by atoms with Gasteiger partial charge < -0.3 is 4.74 Å². The van der Waals surface area contributed by atoms with Crippen molar-refractivity contribution in [3.8, 4) is 5.75 Å². The smallest absolute Gasteiger partial charge is 0.200 e. The van der Waals surface area contributed by atoms with Gasteiger partial charge in [-0.2, -0.15) is 4.39 Å². The third-order valence-corrected chi connectivity index (χ3v) is 5.76. The minimum atomic E-state index is -0.851. The Morgan fingerprint density at radius 2 is 1.82 bits per heavy atom. The van der Waals surface area contributed by atoms with E-state index >= 15 is 0 Å². The lowest BCUT2D eigenvalue weighted by molar-refractivity contribution is 0.283. The number of hydrogen-bond acceptors (Lipinski definition) is 1. The van der Waals surface area contributed by atoms with Crippen molar-refractivity contribution in [2.24, 2.45) is 11.8 Å². The molecule has 0 aliphatic heterocycles. The monoisotopic (exact) mass is 396 g/mol. The number of rotatable bonds is 12. The first kappa shape index (κ1) is 22.8. The van der Waals surface area contributed by atoms with Crippen molar-refractivity contribution in [1.82, 2.24) is 0 Å². The van der Waals surface area contributed by atoms with Crippen molar-refractivity contribution in [1.29, 1.82) is 0 Å². The van der Waals surface area contributed by atoms with Gasteiger partial charge in [0.05, 0.1) is 13.3 Å². The summed E-state index contributed by atoms with van der Waals surface area (Å²) in [5, 5.41) is 0. The fourth-order valence-corrected chi connectivity index (χ4v) is 3.92. The first-order chi connectivity index (χ1) is 13.7. The fraction of sp³-hybridized carbons (Fsp3) is 0.667. The van der Waals surface area contributed by atoms with Crippen molar-refractivity contribution in [2.45, 2.75) is 77.6 Å². The second-order valence-electron chi connectivity index (χ2n) is 7.99. The Morgan fingerprint density at radius 1 is 1.04 bits per heavy atom. The summed E-state index contributed by atoms with van der Waals surface area (Å²) < 4.78 is 46.1. The molecule has 1 aliphatic carbocycles. The largest absolute Gasteiger partial charge is 0.490 e. The van der Waals surface area contributed by atoms with Gasteiger partial charge >= 0.3 is 0 Å². The minimum Gasteiger partial charge on any atom is -0.490 e. The van der Waals surface area contributed by atoms with Crippen LogP contribution in [0.1, 0.15) is 76.7 Å². The van der Waals surface area contributed by atoms with Crippen molar-refractivity contribution in [3.05, 3.63) is 41.5 Å². The van der Waals surface area contributed by atoms with Crippen LogP contribution in [0.15, 0.2) is 24.3 Å². The van der Waals surface area contributed by atoms with Gasteiger partial charge in [0.1, 0.15) is 0 Å². The van der Waals surface area contributed by atoms with Crippen molar-refractivity contribution in [3.63, 3.8) is 0 Å². The zero-order chi connectivity index (χ0) is 20.2. The van der Waals surface area contributed by atoms with Gasteiger partial charge in [-0.05, 0) is 81.3 Å². The third-order valence-electron chi connectivity index (χ3n) is 5.76. The molecule has 4 heteroatoms. The summed E-state index contributed by atoms with van der Waals surface area (Å²) in [4.78, 5) is 0. The Hall–Kier alpha value is -1.45. The zero-order valence-corrected chi connectivity index (χ0v) is 17.2. The molecule has 0 amide bonds. The molecule has 1 fully saturated rings. The van der Waals surface area contributed by atoms with E-state index in [1.165, 1.54) is 0 Å². The number of unbranched alkanes of at least 4 members (excludes halogenated alkanes) is 3. The van der Waals surface area contributed by atoms with Crippen molar-refractivity contribution >= 4 is 0 Å². The highest BCUT2D eigenvalue weighted by Gasteiger charge is 2.21. The number of aryl methyl sites for hydroxylation is 1. The molecule has 0 saturated heterocycles. The molecule has 0 radical (unpaired) electrons. The molecule has 0 N–H and O–H groups in total. The second kappa shape index (κ2) is 12.9. The third kappa shape index (κ3) is 7.52. The summed E-state index contributed by atoms with van der Waals surface area (Å²) >= 11 is 0. The lowest BCUT2D eigenvalue weighted by Crippen LogP contribution is -2.14. The maximum Gasteiger partial charge on any atom is 0.200 e. The summed E-state index contributed by atoms with van der Waals surface area (Å²) in [6, 6.07) is 3.24. The van der Waals surface area contributed by atoms with Crippen LogP contribution in [0.4, 0.5) is 13.2 Å². The summed E-state index contributed by atoms with van der Waals surface area (Å²) in [5.41, 5.74) is 0.451. The molecule has 1 nitrogen and oxygen atoms in total. The van der Waals surface area contributed by atoms with E-state index in [0.29, 0.717) is 36.8 Å². The Kier molecular flexibility index (Phi) is 10.5. The zero-order valence-electron chi connectivity index (χ0n) is 17.2. The lowest BCUT2D eigenvalue weighted by atomic mass is 9.79. The molecule has 1 aromatic rings. The van der Waals surface area contributed by atoms with Gasteiger partial charge in [0.2, 0.25) is 5.82 Å². The number of ether oxygens (including phenoxy) is 1. The Balaban J connectivity index is 1.75. The highest BCUT2D eigenvalue weighted by Crippen LogP contribution is 2.33. The van der Waals surface area contributed by atoms with Crippen LogP contribution in [-0.2, 0) is 6.42 Å². The number of allylic oxidation sites excluding steroid dienone is 2.